The van der Waals surface area contributed by atoms with Gasteiger partial charge < -0.3 is 15.3 Å². The third-order valence-corrected chi connectivity index (χ3v) is 3.71. The first-order chi connectivity index (χ1) is 10.1. The van der Waals surface area contributed by atoms with Crippen LogP contribution < -0.4 is 5.32 Å². The van der Waals surface area contributed by atoms with Crippen LogP contribution in [0, 0.1) is 0 Å². The molecule has 5 heteroatoms. The molecule has 0 aromatic heterocycles. The minimum Gasteiger partial charge on any atom is -0.481 e. The second kappa shape index (κ2) is 7.22. The van der Waals surface area contributed by atoms with Gasteiger partial charge in [0.05, 0.1) is 6.42 Å². The highest BCUT2D eigenvalue weighted by atomic mass is 16.4. The van der Waals surface area contributed by atoms with Crippen molar-refractivity contribution in [3.8, 4) is 0 Å². The zero-order valence-electron chi connectivity index (χ0n) is 12.3. The number of nitrogens with zero attached hydrogens (tertiary/aromatic N) is 1. The van der Waals surface area contributed by atoms with Crippen LogP contribution in [0.2, 0.25) is 0 Å². The molecule has 1 aromatic rings. The molecular weight excluding hydrogens is 268 g/mol. The summed E-state index contributed by atoms with van der Waals surface area (Å²) in [5.74, 6) is -0.901. The molecule has 0 unspecified atom stereocenters. The highest BCUT2D eigenvalue weighted by molar-refractivity contribution is 5.96. The predicted octanol–water partition coefficient (Wildman–Crippen LogP) is 1.53. The molecule has 0 atom stereocenters. The van der Waals surface area contributed by atoms with Gasteiger partial charge in [0.15, 0.2) is 0 Å². The number of carbonyl (C=O) groups excluding carboxylic acids is 1. The van der Waals surface area contributed by atoms with Gasteiger partial charge in [-0.15, -0.1) is 0 Å². The van der Waals surface area contributed by atoms with Gasteiger partial charge in [0.2, 0.25) is 0 Å². The van der Waals surface area contributed by atoms with Gasteiger partial charge in [-0.25, -0.2) is 0 Å². The molecule has 2 rings (SSSR count). The third kappa shape index (κ3) is 4.29. The minimum absolute atomic E-state index is 0.000915. The molecule has 5 nitrogen and oxygen atoms in total. The molecule has 2 N–H and O–H groups in total. The highest BCUT2D eigenvalue weighted by Crippen LogP contribution is 2.29. The van der Waals surface area contributed by atoms with Crippen molar-refractivity contribution in [3.05, 3.63) is 35.4 Å². The van der Waals surface area contributed by atoms with E-state index in [0.717, 1.165) is 31.4 Å². The van der Waals surface area contributed by atoms with Gasteiger partial charge in [0, 0.05) is 18.2 Å². The van der Waals surface area contributed by atoms with E-state index in [-0.39, 0.29) is 18.4 Å². The molecule has 0 radical (unpaired) electrons. The van der Waals surface area contributed by atoms with Gasteiger partial charge in [0.1, 0.15) is 0 Å². The van der Waals surface area contributed by atoms with Crippen molar-refractivity contribution in [2.45, 2.75) is 31.7 Å². The lowest BCUT2D eigenvalue weighted by molar-refractivity contribution is -0.137. The highest BCUT2D eigenvalue weighted by Gasteiger charge is 2.33. The number of carboxylic acids is 1. The van der Waals surface area contributed by atoms with E-state index in [1.807, 2.05) is 31.3 Å². The monoisotopic (exact) mass is 290 g/mol. The average molecular weight is 290 g/mol. The van der Waals surface area contributed by atoms with Crippen molar-refractivity contribution >= 4 is 11.9 Å². The van der Waals surface area contributed by atoms with Gasteiger partial charge >= 0.3 is 5.97 Å². The summed E-state index contributed by atoms with van der Waals surface area (Å²) in [5.41, 5.74) is 1.71. The van der Waals surface area contributed by atoms with Gasteiger partial charge in [0.25, 0.3) is 5.91 Å². The number of amides is 1. The summed E-state index contributed by atoms with van der Waals surface area (Å²) in [6.07, 6.45) is 2.74. The van der Waals surface area contributed by atoms with Crippen molar-refractivity contribution < 1.29 is 14.7 Å². The lowest BCUT2D eigenvalue weighted by atomic mass is 10.0. The Kier molecular flexibility index (Phi) is 5.33. The largest absolute Gasteiger partial charge is 0.481 e. The minimum atomic E-state index is -0.864. The van der Waals surface area contributed by atoms with E-state index in [4.69, 9.17) is 5.11 Å². The summed E-state index contributed by atoms with van der Waals surface area (Å²) < 4.78 is 0. The van der Waals surface area contributed by atoms with E-state index in [1.165, 1.54) is 0 Å². The van der Waals surface area contributed by atoms with Crippen LogP contribution in [0.4, 0.5) is 0 Å². The predicted molar refractivity (Wildman–Crippen MR) is 80.4 cm³/mol. The second-order valence-corrected chi connectivity index (χ2v) is 5.38. The Morgan fingerprint density at radius 3 is 2.67 bits per heavy atom. The molecule has 1 aliphatic carbocycles. The normalized spacial score (nSPS) is 14.0. The number of nitrogens with one attached hydrogen (secondary N) is 1. The molecule has 1 aromatic carbocycles. The van der Waals surface area contributed by atoms with Gasteiger partial charge in [-0.1, -0.05) is 18.2 Å². The second-order valence-electron chi connectivity index (χ2n) is 5.38. The van der Waals surface area contributed by atoms with Crippen LogP contribution in [0.5, 0.6) is 0 Å². The Morgan fingerprint density at radius 1 is 1.33 bits per heavy atom. The smallest absolute Gasteiger partial charge is 0.305 e. The van der Waals surface area contributed by atoms with Gasteiger partial charge in [-0.2, -0.15) is 0 Å². The Balaban J connectivity index is 2.14. The number of hydrogen-bond donors (Lipinski definition) is 2. The van der Waals surface area contributed by atoms with Crippen molar-refractivity contribution in [1.29, 1.82) is 0 Å². The average Bonchev–Trinajstić information content (AvgIpc) is 3.30. The van der Waals surface area contributed by atoms with Crippen LogP contribution in [0.25, 0.3) is 0 Å². The summed E-state index contributed by atoms with van der Waals surface area (Å²) in [6, 6.07) is 7.81. The lowest BCUT2D eigenvalue weighted by Gasteiger charge is -2.23. The van der Waals surface area contributed by atoms with E-state index < -0.39 is 5.97 Å². The van der Waals surface area contributed by atoms with Crippen molar-refractivity contribution in [3.63, 3.8) is 0 Å². The zero-order valence-corrected chi connectivity index (χ0v) is 12.3. The topological polar surface area (TPSA) is 69.6 Å². The first-order valence-corrected chi connectivity index (χ1v) is 7.38. The van der Waals surface area contributed by atoms with E-state index in [0.29, 0.717) is 12.1 Å². The molecule has 1 aliphatic rings. The Hall–Kier alpha value is -1.88. The van der Waals surface area contributed by atoms with Crippen LogP contribution >= 0.6 is 0 Å². The van der Waals surface area contributed by atoms with Crippen LogP contribution in [0.3, 0.4) is 0 Å². The molecule has 1 fully saturated rings. The fourth-order valence-electron chi connectivity index (χ4n) is 2.41. The Bertz CT molecular complexity index is 512. The van der Waals surface area contributed by atoms with Gasteiger partial charge in [-0.05, 0) is 44.5 Å². The number of benzene rings is 1. The summed E-state index contributed by atoms with van der Waals surface area (Å²) in [4.78, 5) is 25.2. The maximum absolute atomic E-state index is 12.7. The number of aliphatic carboxylic acids is 1. The molecule has 114 valence electrons. The number of likely N-dealkylation sites (N-methyl/N-ethyl adjacent to an activating group) is 1. The molecule has 0 aliphatic heterocycles. The maximum atomic E-state index is 12.7. The molecule has 0 saturated heterocycles. The van der Waals surface area contributed by atoms with Crippen LogP contribution in [0.1, 0.15) is 35.2 Å². The molecule has 1 amide bonds. The summed E-state index contributed by atoms with van der Waals surface area (Å²) in [5, 5.41) is 11.9. The SMILES string of the molecule is CNCCc1ccccc1C(=O)N(CCC(=O)O)C1CC1. The molecule has 1 saturated carbocycles. The fourth-order valence-corrected chi connectivity index (χ4v) is 2.41. The molecule has 21 heavy (non-hydrogen) atoms. The quantitative estimate of drug-likeness (QED) is 0.762. The standard InChI is InChI=1S/C16H22N2O3/c1-17-10-8-12-4-2-3-5-14(12)16(21)18(13-6-7-13)11-9-15(19)20/h2-5,13,17H,6-11H2,1H3,(H,19,20). The fraction of sp³-hybridized carbons (Fsp3) is 0.500. The van der Waals surface area contributed by atoms with Crippen molar-refractivity contribution in [2.24, 2.45) is 0 Å². The van der Waals surface area contributed by atoms with Crippen LogP contribution in [0.15, 0.2) is 24.3 Å². The Morgan fingerprint density at radius 2 is 2.05 bits per heavy atom. The molecule has 0 spiro atoms. The molecule has 0 heterocycles. The number of carbonyl (C=O) groups is 2. The summed E-state index contributed by atoms with van der Waals surface area (Å²) >= 11 is 0. The number of carboxylic acid groups (broad SMARTS) is 1. The Labute approximate surface area is 125 Å². The number of rotatable bonds is 8. The first-order valence-electron chi connectivity index (χ1n) is 7.38. The number of hydrogen-bond acceptors (Lipinski definition) is 3. The van der Waals surface area contributed by atoms with E-state index >= 15 is 0 Å². The van der Waals surface area contributed by atoms with E-state index in [2.05, 4.69) is 5.32 Å². The molecular formula is C16H22N2O3. The van der Waals surface area contributed by atoms with Crippen molar-refractivity contribution in [1.82, 2.24) is 10.2 Å². The van der Waals surface area contributed by atoms with Crippen molar-refractivity contribution in [2.75, 3.05) is 20.1 Å². The molecule has 0 bridgehead atoms. The zero-order chi connectivity index (χ0) is 15.2. The van der Waals surface area contributed by atoms with E-state index in [9.17, 15) is 9.59 Å². The lowest BCUT2D eigenvalue weighted by Crippen LogP contribution is -2.35. The first kappa shape index (κ1) is 15.5. The summed E-state index contributed by atoms with van der Waals surface area (Å²) in [6.45, 7) is 1.10. The maximum Gasteiger partial charge on any atom is 0.305 e. The van der Waals surface area contributed by atoms with Crippen LogP contribution in [-0.2, 0) is 11.2 Å². The van der Waals surface area contributed by atoms with Gasteiger partial charge in [-0.3, -0.25) is 9.59 Å². The van der Waals surface area contributed by atoms with Crippen LogP contribution in [-0.4, -0.2) is 48.1 Å². The van der Waals surface area contributed by atoms with E-state index in [1.54, 1.807) is 4.90 Å². The third-order valence-electron chi connectivity index (χ3n) is 3.71. The summed E-state index contributed by atoms with van der Waals surface area (Å²) in [7, 11) is 1.88.